The normalized spacial score (nSPS) is 19.1. The van der Waals surface area contributed by atoms with Gasteiger partial charge in [-0.25, -0.2) is 0 Å². The summed E-state index contributed by atoms with van der Waals surface area (Å²) in [6, 6.07) is 7.58. The Bertz CT molecular complexity index is 396. The van der Waals surface area contributed by atoms with Gasteiger partial charge in [-0.3, -0.25) is 4.79 Å². The fourth-order valence-corrected chi connectivity index (χ4v) is 1.79. The van der Waals surface area contributed by atoms with Crippen LogP contribution in [-0.2, 0) is 11.2 Å². The SMILES string of the molecule is O=C1CCCc2ccccc2C1=NO. The third-order valence-electron chi connectivity index (χ3n) is 2.49. The molecule has 0 aliphatic heterocycles. The number of fused-ring (bicyclic) bond motifs is 1. The van der Waals surface area contributed by atoms with Crippen molar-refractivity contribution >= 4 is 11.5 Å². The van der Waals surface area contributed by atoms with Crippen LogP contribution in [-0.4, -0.2) is 16.7 Å². The Hall–Kier alpha value is -1.64. The van der Waals surface area contributed by atoms with Crippen molar-refractivity contribution in [3.8, 4) is 0 Å². The van der Waals surface area contributed by atoms with Crippen LogP contribution in [0.1, 0.15) is 24.0 Å². The van der Waals surface area contributed by atoms with E-state index < -0.39 is 0 Å². The van der Waals surface area contributed by atoms with Crippen molar-refractivity contribution in [3.63, 3.8) is 0 Å². The van der Waals surface area contributed by atoms with Gasteiger partial charge in [0.15, 0.2) is 11.5 Å². The first-order chi connectivity index (χ1) is 6.83. The molecule has 0 amide bonds. The van der Waals surface area contributed by atoms with E-state index >= 15 is 0 Å². The van der Waals surface area contributed by atoms with E-state index in [2.05, 4.69) is 5.16 Å². The predicted molar refractivity (Wildman–Crippen MR) is 52.7 cm³/mol. The highest BCUT2D eigenvalue weighted by molar-refractivity contribution is 6.46. The average molecular weight is 189 g/mol. The second-order valence-corrected chi connectivity index (χ2v) is 3.38. The molecule has 1 aromatic carbocycles. The maximum absolute atomic E-state index is 11.5. The molecule has 0 spiro atoms. The molecule has 1 N–H and O–H groups in total. The standard InChI is InChI=1S/C11H11NO2/c13-10-7-3-5-8-4-1-2-6-9(8)11(10)12-14/h1-2,4,6,14H,3,5,7H2. The minimum absolute atomic E-state index is 0.0718. The van der Waals surface area contributed by atoms with Gasteiger partial charge in [0.05, 0.1) is 0 Å². The third-order valence-corrected chi connectivity index (χ3v) is 2.49. The number of rotatable bonds is 0. The van der Waals surface area contributed by atoms with E-state index in [9.17, 15) is 4.79 Å². The van der Waals surface area contributed by atoms with Crippen molar-refractivity contribution in [1.82, 2.24) is 0 Å². The number of hydrogen-bond donors (Lipinski definition) is 1. The summed E-state index contributed by atoms with van der Waals surface area (Å²) < 4.78 is 0. The molecule has 1 aliphatic carbocycles. The average Bonchev–Trinajstić information content (AvgIpc) is 2.36. The Morgan fingerprint density at radius 1 is 1.21 bits per heavy atom. The van der Waals surface area contributed by atoms with Gasteiger partial charge < -0.3 is 5.21 Å². The minimum atomic E-state index is -0.0718. The van der Waals surface area contributed by atoms with Crippen LogP contribution in [0.15, 0.2) is 29.4 Å². The molecule has 0 fully saturated rings. The summed E-state index contributed by atoms with van der Waals surface area (Å²) in [6.45, 7) is 0. The highest BCUT2D eigenvalue weighted by Crippen LogP contribution is 2.18. The number of ketones is 1. The van der Waals surface area contributed by atoms with E-state index in [0.29, 0.717) is 6.42 Å². The van der Waals surface area contributed by atoms with Gasteiger partial charge in [-0.1, -0.05) is 29.4 Å². The van der Waals surface area contributed by atoms with Crippen LogP contribution >= 0.6 is 0 Å². The minimum Gasteiger partial charge on any atom is -0.410 e. The Kier molecular flexibility index (Phi) is 2.31. The summed E-state index contributed by atoms with van der Waals surface area (Å²) >= 11 is 0. The molecule has 72 valence electrons. The summed E-state index contributed by atoms with van der Waals surface area (Å²) in [7, 11) is 0. The zero-order valence-electron chi connectivity index (χ0n) is 7.73. The first-order valence-electron chi connectivity index (χ1n) is 4.66. The van der Waals surface area contributed by atoms with Crippen LogP contribution in [0, 0.1) is 0 Å². The molecule has 2 rings (SSSR count). The van der Waals surface area contributed by atoms with Crippen molar-refractivity contribution in [1.29, 1.82) is 0 Å². The lowest BCUT2D eigenvalue weighted by Crippen LogP contribution is -2.14. The molecule has 0 aromatic heterocycles. The second-order valence-electron chi connectivity index (χ2n) is 3.38. The second kappa shape index (κ2) is 3.62. The van der Waals surface area contributed by atoms with Crippen LogP contribution in [0.5, 0.6) is 0 Å². The topological polar surface area (TPSA) is 49.7 Å². The number of oxime groups is 1. The van der Waals surface area contributed by atoms with E-state index in [1.165, 1.54) is 0 Å². The Morgan fingerprint density at radius 3 is 2.79 bits per heavy atom. The lowest BCUT2D eigenvalue weighted by atomic mass is 10.0. The number of carbonyl (C=O) groups is 1. The van der Waals surface area contributed by atoms with Crippen molar-refractivity contribution < 1.29 is 10.0 Å². The summed E-state index contributed by atoms with van der Waals surface area (Å²) in [4.78, 5) is 11.5. The number of aryl methyl sites for hydroxylation is 1. The lowest BCUT2D eigenvalue weighted by Gasteiger charge is -2.03. The highest BCUT2D eigenvalue weighted by atomic mass is 16.4. The van der Waals surface area contributed by atoms with Crippen molar-refractivity contribution in [2.24, 2.45) is 5.16 Å². The third kappa shape index (κ3) is 1.41. The molecule has 0 saturated heterocycles. The van der Waals surface area contributed by atoms with E-state index in [0.717, 1.165) is 24.0 Å². The quantitative estimate of drug-likeness (QED) is 0.384. The van der Waals surface area contributed by atoms with Crippen LogP contribution < -0.4 is 0 Å². The van der Waals surface area contributed by atoms with Gasteiger partial charge in [0.1, 0.15) is 0 Å². The highest BCUT2D eigenvalue weighted by Gasteiger charge is 2.20. The van der Waals surface area contributed by atoms with Gasteiger partial charge in [-0.05, 0) is 18.4 Å². The number of Topliss-reactive ketones (excluding diaryl/α,β-unsaturated/α-hetero) is 1. The van der Waals surface area contributed by atoms with Gasteiger partial charge in [0, 0.05) is 12.0 Å². The molecule has 0 unspecified atom stereocenters. The Labute approximate surface area is 82.1 Å². The molecule has 0 radical (unpaired) electrons. The van der Waals surface area contributed by atoms with E-state index in [1.807, 2.05) is 24.3 Å². The molecule has 0 bridgehead atoms. The van der Waals surface area contributed by atoms with Gasteiger partial charge >= 0.3 is 0 Å². The lowest BCUT2D eigenvalue weighted by molar-refractivity contribution is -0.113. The summed E-state index contributed by atoms with van der Waals surface area (Å²) in [6.07, 6.45) is 2.17. The van der Waals surface area contributed by atoms with Crippen LogP contribution in [0.3, 0.4) is 0 Å². The molecule has 0 atom stereocenters. The number of hydrogen-bond acceptors (Lipinski definition) is 3. The van der Waals surface area contributed by atoms with E-state index in [1.54, 1.807) is 0 Å². The summed E-state index contributed by atoms with van der Waals surface area (Å²) in [5.74, 6) is -0.0718. The van der Waals surface area contributed by atoms with Crippen LogP contribution in [0.25, 0.3) is 0 Å². The number of nitrogens with zero attached hydrogens (tertiary/aromatic N) is 1. The molecule has 3 heteroatoms. The zero-order chi connectivity index (χ0) is 9.97. The van der Waals surface area contributed by atoms with Crippen molar-refractivity contribution in [2.45, 2.75) is 19.3 Å². The smallest absolute Gasteiger partial charge is 0.185 e. The van der Waals surface area contributed by atoms with E-state index in [4.69, 9.17) is 5.21 Å². The molecular formula is C11H11NO2. The molecular weight excluding hydrogens is 178 g/mol. The van der Waals surface area contributed by atoms with Gasteiger partial charge in [0.2, 0.25) is 0 Å². The largest absolute Gasteiger partial charge is 0.410 e. The van der Waals surface area contributed by atoms with Gasteiger partial charge in [0.25, 0.3) is 0 Å². The summed E-state index contributed by atoms with van der Waals surface area (Å²) in [5.41, 5.74) is 2.07. The molecule has 3 nitrogen and oxygen atoms in total. The molecule has 1 aliphatic rings. The van der Waals surface area contributed by atoms with Crippen molar-refractivity contribution in [2.75, 3.05) is 0 Å². The Morgan fingerprint density at radius 2 is 2.00 bits per heavy atom. The first-order valence-corrected chi connectivity index (χ1v) is 4.66. The zero-order valence-corrected chi connectivity index (χ0v) is 7.73. The Balaban J connectivity index is 2.56. The molecule has 0 saturated carbocycles. The number of benzene rings is 1. The van der Waals surface area contributed by atoms with E-state index in [-0.39, 0.29) is 11.5 Å². The fourth-order valence-electron chi connectivity index (χ4n) is 1.79. The molecule has 14 heavy (non-hydrogen) atoms. The maximum Gasteiger partial charge on any atom is 0.185 e. The van der Waals surface area contributed by atoms with Crippen LogP contribution in [0.4, 0.5) is 0 Å². The molecule has 0 heterocycles. The van der Waals surface area contributed by atoms with Gasteiger partial charge in [-0.15, -0.1) is 0 Å². The fraction of sp³-hybridized carbons (Fsp3) is 0.273. The van der Waals surface area contributed by atoms with Crippen molar-refractivity contribution in [3.05, 3.63) is 35.4 Å². The summed E-state index contributed by atoms with van der Waals surface area (Å²) in [5, 5.41) is 11.9. The predicted octanol–water partition coefficient (Wildman–Crippen LogP) is 1.77. The van der Waals surface area contributed by atoms with Crippen LogP contribution in [0.2, 0.25) is 0 Å². The first kappa shape index (κ1) is 8.94. The molecule has 1 aromatic rings. The van der Waals surface area contributed by atoms with Gasteiger partial charge in [-0.2, -0.15) is 0 Å². The maximum atomic E-state index is 11.5. The monoisotopic (exact) mass is 189 g/mol. The number of carbonyl (C=O) groups excluding carboxylic acids is 1.